The lowest BCUT2D eigenvalue weighted by atomic mass is 9.75. The molecule has 5 heteroatoms. The topological polar surface area (TPSA) is 49.4 Å². The van der Waals surface area contributed by atoms with Gasteiger partial charge in [0.2, 0.25) is 10.0 Å². The molecule has 0 aromatic heterocycles. The molecule has 2 saturated heterocycles. The Balaban J connectivity index is 1.63. The Morgan fingerprint density at radius 2 is 1.81 bits per heavy atom. The van der Waals surface area contributed by atoms with Gasteiger partial charge in [-0.15, -0.1) is 0 Å². The summed E-state index contributed by atoms with van der Waals surface area (Å²) in [6.45, 7) is 3.60. The highest BCUT2D eigenvalue weighted by molar-refractivity contribution is 7.89. The normalized spacial score (nSPS) is 33.3. The quantitative estimate of drug-likeness (QED) is 0.870. The van der Waals surface area contributed by atoms with E-state index in [2.05, 4.69) is 5.32 Å². The van der Waals surface area contributed by atoms with Crippen LogP contribution < -0.4 is 5.32 Å². The Labute approximate surface area is 129 Å². The maximum atomic E-state index is 12.8. The predicted octanol–water partition coefficient (Wildman–Crippen LogP) is 2.36. The van der Waals surface area contributed by atoms with E-state index in [-0.39, 0.29) is 5.41 Å². The van der Waals surface area contributed by atoms with E-state index >= 15 is 0 Å². The number of nitrogens with zero attached hydrogens (tertiary/aromatic N) is 1. The van der Waals surface area contributed by atoms with Crippen LogP contribution >= 0.6 is 0 Å². The number of nitrogens with one attached hydrogen (secondary N) is 1. The summed E-state index contributed by atoms with van der Waals surface area (Å²) in [7, 11) is -3.05. The molecule has 2 heterocycles. The molecule has 3 rings (SSSR count). The standard InChI is InChI=1S/C16H30N2O2S/c19-21(20,12-15-6-2-1-3-7-15)18-11-5-9-16(14-18)8-4-10-17-13-16/h15,17H,1-14H2. The Morgan fingerprint density at radius 3 is 2.52 bits per heavy atom. The second-order valence-electron chi connectivity index (χ2n) is 7.50. The zero-order chi connectivity index (χ0) is 14.8. The lowest BCUT2D eigenvalue weighted by Crippen LogP contribution is -2.53. The fraction of sp³-hybridized carbons (Fsp3) is 1.00. The van der Waals surface area contributed by atoms with Gasteiger partial charge in [-0.05, 0) is 56.4 Å². The van der Waals surface area contributed by atoms with Gasteiger partial charge in [0.15, 0.2) is 0 Å². The lowest BCUT2D eigenvalue weighted by Gasteiger charge is -2.45. The average Bonchev–Trinajstić information content (AvgIpc) is 2.49. The summed E-state index contributed by atoms with van der Waals surface area (Å²) in [6.07, 6.45) is 10.5. The van der Waals surface area contributed by atoms with Crippen molar-refractivity contribution in [2.24, 2.45) is 11.3 Å². The molecular weight excluding hydrogens is 284 g/mol. The van der Waals surface area contributed by atoms with Crippen LogP contribution in [-0.2, 0) is 10.0 Å². The Hall–Kier alpha value is -0.130. The third-order valence-electron chi connectivity index (χ3n) is 5.75. The van der Waals surface area contributed by atoms with Crippen LogP contribution in [0.1, 0.15) is 57.8 Å². The van der Waals surface area contributed by atoms with E-state index < -0.39 is 10.0 Å². The molecule has 4 nitrogen and oxygen atoms in total. The Morgan fingerprint density at radius 1 is 1.05 bits per heavy atom. The molecule has 2 aliphatic heterocycles. The van der Waals surface area contributed by atoms with E-state index in [0.717, 1.165) is 45.4 Å². The molecule has 0 radical (unpaired) electrons. The van der Waals surface area contributed by atoms with Crippen LogP contribution in [0.15, 0.2) is 0 Å². The molecule has 122 valence electrons. The van der Waals surface area contributed by atoms with E-state index in [4.69, 9.17) is 0 Å². The van der Waals surface area contributed by atoms with Gasteiger partial charge in [0.1, 0.15) is 0 Å². The van der Waals surface area contributed by atoms with Crippen LogP contribution in [0.5, 0.6) is 0 Å². The second-order valence-corrected chi connectivity index (χ2v) is 9.51. The van der Waals surface area contributed by atoms with Crippen LogP contribution in [0.3, 0.4) is 0 Å². The van der Waals surface area contributed by atoms with Crippen molar-refractivity contribution in [2.45, 2.75) is 57.8 Å². The molecule has 1 aliphatic carbocycles. The van der Waals surface area contributed by atoms with Crippen molar-refractivity contribution in [3.63, 3.8) is 0 Å². The predicted molar refractivity (Wildman–Crippen MR) is 85.7 cm³/mol. The SMILES string of the molecule is O=S(=O)(CC1CCCCC1)N1CCCC2(CCCNC2)C1. The van der Waals surface area contributed by atoms with E-state index in [1.165, 1.54) is 38.5 Å². The number of sulfonamides is 1. The largest absolute Gasteiger partial charge is 0.316 e. The Kier molecular flexibility index (Phi) is 4.91. The molecule has 1 saturated carbocycles. The van der Waals surface area contributed by atoms with Crippen molar-refractivity contribution < 1.29 is 8.42 Å². The van der Waals surface area contributed by atoms with Gasteiger partial charge < -0.3 is 5.32 Å². The smallest absolute Gasteiger partial charge is 0.214 e. The minimum Gasteiger partial charge on any atom is -0.316 e. The van der Waals surface area contributed by atoms with Crippen LogP contribution in [0, 0.1) is 11.3 Å². The number of hydrogen-bond donors (Lipinski definition) is 1. The fourth-order valence-electron chi connectivity index (χ4n) is 4.54. The number of piperidine rings is 2. The first kappa shape index (κ1) is 15.8. The minimum absolute atomic E-state index is 0.218. The van der Waals surface area contributed by atoms with Crippen LogP contribution in [0.4, 0.5) is 0 Å². The summed E-state index contributed by atoms with van der Waals surface area (Å²) in [5, 5.41) is 3.48. The molecular formula is C16H30N2O2S. The highest BCUT2D eigenvalue weighted by Gasteiger charge is 2.40. The van der Waals surface area contributed by atoms with Gasteiger partial charge in [-0.2, -0.15) is 0 Å². The van der Waals surface area contributed by atoms with Gasteiger partial charge in [0.05, 0.1) is 5.75 Å². The molecule has 1 unspecified atom stereocenters. The van der Waals surface area contributed by atoms with Crippen molar-refractivity contribution in [3.05, 3.63) is 0 Å². The van der Waals surface area contributed by atoms with Gasteiger partial charge in [-0.3, -0.25) is 0 Å². The maximum Gasteiger partial charge on any atom is 0.214 e. The summed E-state index contributed by atoms with van der Waals surface area (Å²) >= 11 is 0. The van der Waals surface area contributed by atoms with E-state index in [0.29, 0.717) is 11.7 Å². The monoisotopic (exact) mass is 314 g/mol. The van der Waals surface area contributed by atoms with Crippen molar-refractivity contribution in [1.82, 2.24) is 9.62 Å². The van der Waals surface area contributed by atoms with Crippen LogP contribution in [0.2, 0.25) is 0 Å². The third kappa shape index (κ3) is 3.80. The number of rotatable bonds is 3. The van der Waals surface area contributed by atoms with Gasteiger partial charge in [0, 0.05) is 19.6 Å². The first-order chi connectivity index (χ1) is 10.1. The Bertz CT molecular complexity index is 432. The fourth-order valence-corrected chi connectivity index (χ4v) is 6.55. The first-order valence-electron chi connectivity index (χ1n) is 8.78. The van der Waals surface area contributed by atoms with Gasteiger partial charge in [-0.25, -0.2) is 12.7 Å². The summed E-state index contributed by atoms with van der Waals surface area (Å²) < 4.78 is 27.4. The molecule has 1 N–H and O–H groups in total. The summed E-state index contributed by atoms with van der Waals surface area (Å²) in [6, 6.07) is 0. The minimum atomic E-state index is -3.05. The summed E-state index contributed by atoms with van der Waals surface area (Å²) in [5.74, 6) is 0.808. The maximum absolute atomic E-state index is 12.8. The molecule has 1 spiro atoms. The van der Waals surface area contributed by atoms with Gasteiger partial charge >= 0.3 is 0 Å². The zero-order valence-electron chi connectivity index (χ0n) is 13.1. The van der Waals surface area contributed by atoms with Crippen molar-refractivity contribution >= 4 is 10.0 Å². The molecule has 21 heavy (non-hydrogen) atoms. The third-order valence-corrected chi connectivity index (χ3v) is 7.74. The highest BCUT2D eigenvalue weighted by atomic mass is 32.2. The number of hydrogen-bond acceptors (Lipinski definition) is 3. The van der Waals surface area contributed by atoms with Crippen molar-refractivity contribution in [3.8, 4) is 0 Å². The van der Waals surface area contributed by atoms with Crippen molar-refractivity contribution in [1.29, 1.82) is 0 Å². The van der Waals surface area contributed by atoms with Gasteiger partial charge in [0.25, 0.3) is 0 Å². The average molecular weight is 314 g/mol. The first-order valence-corrected chi connectivity index (χ1v) is 10.4. The van der Waals surface area contributed by atoms with E-state index in [9.17, 15) is 8.42 Å². The molecule has 0 aromatic rings. The second kappa shape index (κ2) is 6.55. The molecule has 1 atom stereocenters. The lowest BCUT2D eigenvalue weighted by molar-refractivity contribution is 0.110. The van der Waals surface area contributed by atoms with E-state index in [1.807, 2.05) is 4.31 Å². The zero-order valence-corrected chi connectivity index (χ0v) is 14.0. The molecule has 3 aliphatic rings. The summed E-state index contributed by atoms with van der Waals surface area (Å²) in [5.41, 5.74) is 0.218. The molecule has 0 bridgehead atoms. The molecule has 3 fully saturated rings. The van der Waals surface area contributed by atoms with Crippen LogP contribution in [-0.4, -0.2) is 44.7 Å². The molecule has 0 aromatic carbocycles. The molecule has 0 amide bonds. The van der Waals surface area contributed by atoms with Gasteiger partial charge in [-0.1, -0.05) is 19.3 Å². The highest BCUT2D eigenvalue weighted by Crippen LogP contribution is 2.37. The van der Waals surface area contributed by atoms with Crippen LogP contribution in [0.25, 0.3) is 0 Å². The summed E-state index contributed by atoms with van der Waals surface area (Å²) in [4.78, 5) is 0. The van der Waals surface area contributed by atoms with E-state index in [1.54, 1.807) is 0 Å². The van der Waals surface area contributed by atoms with Crippen molar-refractivity contribution in [2.75, 3.05) is 31.9 Å².